The van der Waals surface area contributed by atoms with E-state index in [4.69, 9.17) is 14.7 Å². The molecule has 2 unspecified atom stereocenters. The fourth-order valence-corrected chi connectivity index (χ4v) is 6.86. The van der Waals surface area contributed by atoms with Gasteiger partial charge in [0, 0.05) is 28.6 Å². The topological polar surface area (TPSA) is 58.5 Å². The molecule has 2 atom stereocenters. The summed E-state index contributed by atoms with van der Waals surface area (Å²) >= 11 is 3.51. The molecule has 0 radical (unpaired) electrons. The lowest BCUT2D eigenvalue weighted by molar-refractivity contribution is 0.0685. The number of morpholine rings is 1. The maximum absolute atomic E-state index is 10.8. The van der Waals surface area contributed by atoms with Crippen molar-refractivity contribution in [2.75, 3.05) is 24.7 Å². The van der Waals surface area contributed by atoms with E-state index in [-0.39, 0.29) is 6.04 Å². The molecular formula is C23H27N3O2S2. The standard InChI is InChI=1S/C23H27N3O2S2/c27-17(19-6-3-11-29-19)12-15-13-28-10-9-26(15)22-20-16-4-1-2-5-18(16)30-23(20)25-21(24-22)14-7-8-14/h3,6,11,14-15,17,27H,1-2,4-5,7-10,12-13H2. The second-order valence-electron chi connectivity index (χ2n) is 8.76. The number of aromatic nitrogens is 2. The van der Waals surface area contributed by atoms with Crippen LogP contribution in [0.3, 0.4) is 0 Å². The fraction of sp³-hybridized carbons (Fsp3) is 0.565. The maximum atomic E-state index is 10.8. The van der Waals surface area contributed by atoms with Crippen LogP contribution in [0.2, 0.25) is 0 Å². The van der Waals surface area contributed by atoms with E-state index in [1.165, 1.54) is 52.8 Å². The van der Waals surface area contributed by atoms with Crippen LogP contribution >= 0.6 is 22.7 Å². The van der Waals surface area contributed by atoms with E-state index in [1.807, 2.05) is 28.8 Å². The number of hydrogen-bond acceptors (Lipinski definition) is 7. The third-order valence-electron chi connectivity index (χ3n) is 6.62. The Hall–Kier alpha value is -1.54. The van der Waals surface area contributed by atoms with Crippen molar-refractivity contribution in [1.29, 1.82) is 0 Å². The van der Waals surface area contributed by atoms with Gasteiger partial charge in [-0.15, -0.1) is 22.7 Å². The van der Waals surface area contributed by atoms with Crippen molar-refractivity contribution in [2.45, 2.75) is 63.0 Å². The van der Waals surface area contributed by atoms with Crippen LogP contribution in [0.4, 0.5) is 5.82 Å². The molecule has 1 saturated heterocycles. The first-order chi connectivity index (χ1) is 14.8. The average molecular weight is 442 g/mol. The summed E-state index contributed by atoms with van der Waals surface area (Å²) in [5, 5.41) is 14.2. The summed E-state index contributed by atoms with van der Waals surface area (Å²) in [4.78, 5) is 16.4. The van der Waals surface area contributed by atoms with Gasteiger partial charge in [-0.05, 0) is 55.5 Å². The lowest BCUT2D eigenvalue weighted by Gasteiger charge is -2.38. The molecule has 0 spiro atoms. The Bertz CT molecular complexity index is 1040. The number of rotatable bonds is 5. The van der Waals surface area contributed by atoms with Gasteiger partial charge < -0.3 is 14.7 Å². The predicted molar refractivity (Wildman–Crippen MR) is 122 cm³/mol. The van der Waals surface area contributed by atoms with Crippen molar-refractivity contribution in [3.8, 4) is 0 Å². The largest absolute Gasteiger partial charge is 0.387 e. The van der Waals surface area contributed by atoms with Crippen LogP contribution in [0.5, 0.6) is 0 Å². The van der Waals surface area contributed by atoms with Gasteiger partial charge in [-0.1, -0.05) is 6.07 Å². The summed E-state index contributed by atoms with van der Waals surface area (Å²) in [6.45, 7) is 2.17. The number of ether oxygens (including phenoxy) is 1. The molecule has 30 heavy (non-hydrogen) atoms. The van der Waals surface area contributed by atoms with Crippen LogP contribution in [0, 0.1) is 0 Å². The van der Waals surface area contributed by atoms with E-state index in [9.17, 15) is 5.11 Å². The van der Waals surface area contributed by atoms with E-state index in [0.717, 1.165) is 29.5 Å². The maximum Gasteiger partial charge on any atom is 0.141 e. The van der Waals surface area contributed by atoms with Crippen LogP contribution in [0.25, 0.3) is 10.2 Å². The molecule has 158 valence electrons. The molecule has 2 fully saturated rings. The molecule has 2 aliphatic carbocycles. The third-order valence-corrected chi connectivity index (χ3v) is 8.78. The predicted octanol–water partition coefficient (Wildman–Crippen LogP) is 4.84. The van der Waals surface area contributed by atoms with Gasteiger partial charge in [-0.3, -0.25) is 0 Å². The molecule has 3 aromatic rings. The number of hydrogen-bond donors (Lipinski definition) is 1. The Labute approximate surface area is 184 Å². The van der Waals surface area contributed by atoms with Crippen LogP contribution < -0.4 is 4.90 Å². The molecule has 1 N–H and O–H groups in total. The second kappa shape index (κ2) is 7.86. The van der Waals surface area contributed by atoms with Gasteiger partial charge in [0.15, 0.2) is 0 Å². The summed E-state index contributed by atoms with van der Waals surface area (Å²) in [5.74, 6) is 2.66. The molecule has 1 saturated carbocycles. The van der Waals surface area contributed by atoms with Gasteiger partial charge in [0.05, 0.1) is 30.7 Å². The van der Waals surface area contributed by atoms with E-state index >= 15 is 0 Å². The lowest BCUT2D eigenvalue weighted by atomic mass is 9.96. The molecule has 3 aliphatic rings. The van der Waals surface area contributed by atoms with Crippen molar-refractivity contribution in [1.82, 2.24) is 9.97 Å². The van der Waals surface area contributed by atoms with Gasteiger partial charge in [0.2, 0.25) is 0 Å². The highest BCUT2D eigenvalue weighted by Gasteiger charge is 2.34. The molecule has 3 aromatic heterocycles. The highest BCUT2D eigenvalue weighted by molar-refractivity contribution is 7.19. The van der Waals surface area contributed by atoms with E-state index in [0.29, 0.717) is 25.6 Å². The van der Waals surface area contributed by atoms with Crippen molar-refractivity contribution in [3.05, 3.63) is 38.7 Å². The minimum atomic E-state index is -0.462. The van der Waals surface area contributed by atoms with Gasteiger partial charge in [-0.25, -0.2) is 9.97 Å². The van der Waals surface area contributed by atoms with Gasteiger partial charge in [0.25, 0.3) is 0 Å². The minimum Gasteiger partial charge on any atom is -0.387 e. The van der Waals surface area contributed by atoms with Crippen LogP contribution in [0.15, 0.2) is 17.5 Å². The van der Waals surface area contributed by atoms with Gasteiger partial charge in [0.1, 0.15) is 16.5 Å². The minimum absolute atomic E-state index is 0.125. The number of anilines is 1. The first kappa shape index (κ1) is 19.2. The number of aryl methyl sites for hydroxylation is 2. The number of aliphatic hydroxyl groups is 1. The van der Waals surface area contributed by atoms with Crippen LogP contribution in [-0.4, -0.2) is 40.9 Å². The highest BCUT2D eigenvalue weighted by atomic mass is 32.1. The quantitative estimate of drug-likeness (QED) is 0.614. The normalized spacial score (nSPS) is 23.0. The summed E-state index contributed by atoms with van der Waals surface area (Å²) in [5.41, 5.74) is 1.49. The van der Waals surface area contributed by atoms with Crippen molar-refractivity contribution < 1.29 is 9.84 Å². The van der Waals surface area contributed by atoms with E-state index in [1.54, 1.807) is 11.3 Å². The Kier molecular flexibility index (Phi) is 5.02. The van der Waals surface area contributed by atoms with Crippen molar-refractivity contribution in [2.24, 2.45) is 0 Å². The highest BCUT2D eigenvalue weighted by Crippen LogP contribution is 2.45. The Morgan fingerprint density at radius 3 is 2.97 bits per heavy atom. The molecule has 5 nitrogen and oxygen atoms in total. The molecule has 0 bridgehead atoms. The van der Waals surface area contributed by atoms with Gasteiger partial charge >= 0.3 is 0 Å². The number of nitrogens with zero attached hydrogens (tertiary/aromatic N) is 3. The molecule has 6 rings (SSSR count). The number of thiophene rings is 2. The lowest BCUT2D eigenvalue weighted by Crippen LogP contribution is -2.47. The molecule has 4 heterocycles. The molecule has 0 aromatic carbocycles. The van der Waals surface area contributed by atoms with Crippen LogP contribution in [-0.2, 0) is 17.6 Å². The SMILES string of the molecule is OC(CC1COCCN1c1nc(C2CC2)nc2sc3c(c12)CCCC3)c1cccs1. The number of fused-ring (bicyclic) bond motifs is 3. The fourth-order valence-electron chi connectivity index (χ4n) is 4.87. The third kappa shape index (κ3) is 3.45. The zero-order valence-electron chi connectivity index (χ0n) is 17.0. The first-order valence-electron chi connectivity index (χ1n) is 11.2. The summed E-state index contributed by atoms with van der Waals surface area (Å²) in [7, 11) is 0. The van der Waals surface area contributed by atoms with Gasteiger partial charge in [-0.2, -0.15) is 0 Å². The molecule has 1 aliphatic heterocycles. The Morgan fingerprint density at radius 1 is 1.23 bits per heavy atom. The number of aliphatic hydroxyl groups excluding tert-OH is 1. The Morgan fingerprint density at radius 2 is 2.13 bits per heavy atom. The average Bonchev–Trinajstić information content (AvgIpc) is 3.33. The monoisotopic (exact) mass is 441 g/mol. The van der Waals surface area contributed by atoms with Crippen molar-refractivity contribution >= 4 is 38.7 Å². The Balaban J connectivity index is 1.42. The molecular weight excluding hydrogens is 414 g/mol. The summed E-state index contributed by atoms with van der Waals surface area (Å²) in [6, 6.07) is 4.15. The summed E-state index contributed by atoms with van der Waals surface area (Å²) in [6.07, 6.45) is 7.48. The van der Waals surface area contributed by atoms with E-state index in [2.05, 4.69) is 4.90 Å². The van der Waals surface area contributed by atoms with E-state index < -0.39 is 6.10 Å². The molecule has 7 heteroatoms. The summed E-state index contributed by atoms with van der Waals surface area (Å²) < 4.78 is 5.86. The second-order valence-corrected chi connectivity index (χ2v) is 10.8. The molecule has 0 amide bonds. The zero-order chi connectivity index (χ0) is 20.1. The first-order valence-corrected chi connectivity index (χ1v) is 12.9. The van der Waals surface area contributed by atoms with Crippen molar-refractivity contribution in [3.63, 3.8) is 0 Å². The smallest absolute Gasteiger partial charge is 0.141 e. The zero-order valence-corrected chi connectivity index (χ0v) is 18.7. The van der Waals surface area contributed by atoms with Crippen LogP contribution in [0.1, 0.15) is 65.3 Å².